The summed E-state index contributed by atoms with van der Waals surface area (Å²) in [5.41, 5.74) is 1.24. The van der Waals surface area contributed by atoms with E-state index in [0.717, 1.165) is 17.2 Å². The van der Waals surface area contributed by atoms with Crippen molar-refractivity contribution >= 4 is 24.2 Å². The molecule has 8 heteroatoms. The first-order valence-electron chi connectivity index (χ1n) is 9.47. The second-order valence-electron chi connectivity index (χ2n) is 6.41. The molecule has 0 spiro atoms. The minimum absolute atomic E-state index is 0.0651. The Hall–Kier alpha value is -4.46. The van der Waals surface area contributed by atoms with E-state index in [0.29, 0.717) is 0 Å². The molecule has 0 saturated heterocycles. The maximum atomic E-state index is 12.2. The number of benzene rings is 3. The number of carbonyl (C=O) groups is 4. The van der Waals surface area contributed by atoms with Gasteiger partial charge in [0.25, 0.3) is 0 Å². The lowest BCUT2D eigenvalue weighted by atomic mass is 10.1. The van der Waals surface area contributed by atoms with Crippen LogP contribution in [0.3, 0.4) is 0 Å². The molecule has 0 radical (unpaired) electrons. The van der Waals surface area contributed by atoms with Crippen molar-refractivity contribution in [2.75, 3.05) is 0 Å². The van der Waals surface area contributed by atoms with Crippen molar-refractivity contribution in [3.63, 3.8) is 0 Å². The predicted molar refractivity (Wildman–Crippen MR) is 111 cm³/mol. The SMILES string of the molecule is O=C(OCc1ccccc1)OC(=O)c1cccc(C(=O)OC(=O)OCc2ccccc2)c1. The molecular formula is C24H18O8. The van der Waals surface area contributed by atoms with E-state index >= 15 is 0 Å². The molecule has 0 aromatic heterocycles. The summed E-state index contributed by atoms with van der Waals surface area (Å²) in [7, 11) is 0. The highest BCUT2D eigenvalue weighted by Gasteiger charge is 2.19. The van der Waals surface area contributed by atoms with E-state index < -0.39 is 24.2 Å². The smallest absolute Gasteiger partial charge is 0.429 e. The molecule has 0 saturated carbocycles. The van der Waals surface area contributed by atoms with Gasteiger partial charge in [-0.15, -0.1) is 0 Å². The van der Waals surface area contributed by atoms with Gasteiger partial charge in [0, 0.05) is 0 Å². The molecule has 3 aromatic rings. The monoisotopic (exact) mass is 434 g/mol. The first-order valence-corrected chi connectivity index (χ1v) is 9.47. The Morgan fingerprint density at radius 3 is 1.34 bits per heavy atom. The summed E-state index contributed by atoms with van der Waals surface area (Å²) in [6.07, 6.45) is -2.37. The van der Waals surface area contributed by atoms with Crippen molar-refractivity contribution in [3.8, 4) is 0 Å². The van der Waals surface area contributed by atoms with Gasteiger partial charge < -0.3 is 18.9 Å². The van der Waals surface area contributed by atoms with E-state index in [2.05, 4.69) is 9.47 Å². The molecule has 0 atom stereocenters. The topological polar surface area (TPSA) is 105 Å². The first-order chi connectivity index (χ1) is 15.5. The summed E-state index contributed by atoms with van der Waals surface area (Å²) in [6.45, 7) is -0.130. The molecule has 0 unspecified atom stereocenters. The molecule has 8 nitrogen and oxygen atoms in total. The average molecular weight is 434 g/mol. The van der Waals surface area contributed by atoms with E-state index in [1.807, 2.05) is 12.1 Å². The highest BCUT2D eigenvalue weighted by atomic mass is 16.7. The van der Waals surface area contributed by atoms with Gasteiger partial charge in [0.15, 0.2) is 0 Å². The fourth-order valence-corrected chi connectivity index (χ4v) is 2.53. The van der Waals surface area contributed by atoms with Crippen molar-refractivity contribution in [1.82, 2.24) is 0 Å². The molecule has 3 rings (SSSR count). The van der Waals surface area contributed by atoms with Gasteiger partial charge in [-0.25, -0.2) is 19.2 Å². The second-order valence-corrected chi connectivity index (χ2v) is 6.41. The molecule has 0 aliphatic rings. The van der Waals surface area contributed by atoms with Crippen LogP contribution in [0.4, 0.5) is 9.59 Å². The Kier molecular flexibility index (Phi) is 7.69. The third kappa shape index (κ3) is 6.81. The molecule has 0 fully saturated rings. The van der Waals surface area contributed by atoms with Crippen molar-refractivity contribution in [2.24, 2.45) is 0 Å². The maximum absolute atomic E-state index is 12.2. The van der Waals surface area contributed by atoms with Crippen LogP contribution in [0.2, 0.25) is 0 Å². The van der Waals surface area contributed by atoms with Crippen LogP contribution in [0.25, 0.3) is 0 Å². The normalized spacial score (nSPS) is 10.0. The number of esters is 2. The van der Waals surface area contributed by atoms with Crippen LogP contribution in [-0.2, 0) is 32.2 Å². The van der Waals surface area contributed by atoms with E-state index in [4.69, 9.17) is 9.47 Å². The Bertz CT molecular complexity index is 1010. The van der Waals surface area contributed by atoms with Gasteiger partial charge in [-0.05, 0) is 29.3 Å². The summed E-state index contributed by atoms with van der Waals surface area (Å²) in [5.74, 6) is -2.05. The standard InChI is InChI=1S/C24H18O8/c25-21(31-23(27)29-15-17-8-3-1-4-9-17)19-12-7-13-20(14-19)22(26)32-24(28)30-16-18-10-5-2-6-11-18/h1-14H,15-16H2. The molecule has 3 aromatic carbocycles. The minimum Gasteiger partial charge on any atom is -0.429 e. The minimum atomic E-state index is -1.18. The van der Waals surface area contributed by atoms with E-state index in [1.165, 1.54) is 18.2 Å². The van der Waals surface area contributed by atoms with E-state index in [-0.39, 0.29) is 24.3 Å². The van der Waals surface area contributed by atoms with Gasteiger partial charge in [-0.3, -0.25) is 0 Å². The highest BCUT2D eigenvalue weighted by molar-refractivity contribution is 6.00. The summed E-state index contributed by atoms with van der Waals surface area (Å²) in [5, 5.41) is 0. The van der Waals surface area contributed by atoms with Crippen LogP contribution in [0.5, 0.6) is 0 Å². The van der Waals surface area contributed by atoms with Crippen LogP contribution < -0.4 is 0 Å². The highest BCUT2D eigenvalue weighted by Crippen LogP contribution is 2.11. The van der Waals surface area contributed by atoms with Gasteiger partial charge >= 0.3 is 24.2 Å². The zero-order chi connectivity index (χ0) is 22.8. The van der Waals surface area contributed by atoms with Crippen molar-refractivity contribution in [3.05, 3.63) is 107 Å². The predicted octanol–water partition coefficient (Wildman–Crippen LogP) is 4.67. The number of hydrogen-bond donors (Lipinski definition) is 0. The third-order valence-corrected chi connectivity index (χ3v) is 4.09. The van der Waals surface area contributed by atoms with Gasteiger partial charge in [-0.1, -0.05) is 66.7 Å². The lowest BCUT2D eigenvalue weighted by molar-refractivity contribution is 0.0351. The zero-order valence-electron chi connectivity index (χ0n) is 16.8. The van der Waals surface area contributed by atoms with Crippen LogP contribution >= 0.6 is 0 Å². The molecule has 0 bridgehead atoms. The summed E-state index contributed by atoms with van der Waals surface area (Å²) >= 11 is 0. The maximum Gasteiger partial charge on any atom is 0.516 e. The second kappa shape index (κ2) is 11.1. The van der Waals surface area contributed by atoms with Crippen LogP contribution in [0, 0.1) is 0 Å². The Balaban J connectivity index is 1.50. The van der Waals surface area contributed by atoms with Crippen molar-refractivity contribution in [2.45, 2.75) is 13.2 Å². The lowest BCUT2D eigenvalue weighted by Gasteiger charge is -2.07. The van der Waals surface area contributed by atoms with Gasteiger partial charge in [0.1, 0.15) is 13.2 Å². The van der Waals surface area contributed by atoms with Gasteiger partial charge in [-0.2, -0.15) is 0 Å². The van der Waals surface area contributed by atoms with Crippen LogP contribution in [0.1, 0.15) is 31.8 Å². The first kappa shape index (κ1) is 22.2. The molecule has 32 heavy (non-hydrogen) atoms. The van der Waals surface area contributed by atoms with Gasteiger partial charge in [0.05, 0.1) is 11.1 Å². The largest absolute Gasteiger partial charge is 0.516 e. The fraction of sp³-hybridized carbons (Fsp3) is 0.0833. The Morgan fingerprint density at radius 1 is 0.531 bits per heavy atom. The van der Waals surface area contributed by atoms with Crippen LogP contribution in [-0.4, -0.2) is 24.2 Å². The lowest BCUT2D eigenvalue weighted by Crippen LogP contribution is -2.16. The Labute approximate surface area is 183 Å². The molecule has 0 N–H and O–H groups in total. The summed E-state index contributed by atoms with van der Waals surface area (Å²) in [6, 6.07) is 22.9. The zero-order valence-corrected chi connectivity index (χ0v) is 16.8. The molecular weight excluding hydrogens is 416 g/mol. The molecule has 0 aliphatic heterocycles. The van der Waals surface area contributed by atoms with Crippen molar-refractivity contribution in [1.29, 1.82) is 0 Å². The fourth-order valence-electron chi connectivity index (χ4n) is 2.53. The van der Waals surface area contributed by atoms with Gasteiger partial charge in [0.2, 0.25) is 0 Å². The van der Waals surface area contributed by atoms with E-state index in [1.54, 1.807) is 48.5 Å². The Morgan fingerprint density at radius 2 is 0.938 bits per heavy atom. The average Bonchev–Trinajstić information content (AvgIpc) is 2.83. The number of carbonyl (C=O) groups excluding carboxylic acids is 4. The number of rotatable bonds is 6. The number of ether oxygens (including phenoxy) is 4. The number of hydrogen-bond acceptors (Lipinski definition) is 8. The third-order valence-electron chi connectivity index (χ3n) is 4.09. The summed E-state index contributed by atoms with van der Waals surface area (Å²) in [4.78, 5) is 47.8. The molecule has 0 amide bonds. The molecule has 0 heterocycles. The van der Waals surface area contributed by atoms with Crippen LogP contribution in [0.15, 0.2) is 84.9 Å². The summed E-state index contributed by atoms with van der Waals surface area (Å²) < 4.78 is 19.0. The van der Waals surface area contributed by atoms with E-state index in [9.17, 15) is 19.2 Å². The quantitative estimate of drug-likeness (QED) is 0.407. The van der Waals surface area contributed by atoms with Crippen molar-refractivity contribution < 1.29 is 38.1 Å². The molecule has 162 valence electrons. The molecule has 0 aliphatic carbocycles.